The zero-order valence-corrected chi connectivity index (χ0v) is 11.3. The van der Waals surface area contributed by atoms with Gasteiger partial charge in [-0.25, -0.2) is 0 Å². The van der Waals surface area contributed by atoms with Gasteiger partial charge in [0.1, 0.15) is 0 Å². The van der Waals surface area contributed by atoms with Gasteiger partial charge in [-0.15, -0.1) is 0 Å². The maximum Gasteiger partial charge on any atom is 0.247 e. The second-order valence-electron chi connectivity index (χ2n) is 5.24. The molecule has 1 saturated carbocycles. The molecular weight excluding hydrogens is 254 g/mol. The highest BCUT2D eigenvalue weighted by Gasteiger charge is 2.23. The van der Waals surface area contributed by atoms with Gasteiger partial charge in [0, 0.05) is 12.5 Å². The lowest BCUT2D eigenvalue weighted by Crippen LogP contribution is -2.30. The molecule has 6 nitrogen and oxygen atoms in total. The van der Waals surface area contributed by atoms with Crippen LogP contribution in [0.25, 0.3) is 5.69 Å². The van der Waals surface area contributed by atoms with E-state index in [-0.39, 0.29) is 12.0 Å². The van der Waals surface area contributed by atoms with Gasteiger partial charge in [0.15, 0.2) is 0 Å². The third-order valence-electron chi connectivity index (χ3n) is 3.86. The van der Waals surface area contributed by atoms with Gasteiger partial charge in [-0.05, 0) is 35.4 Å². The normalized spacial score (nSPS) is 22.6. The molecule has 0 bridgehead atoms. The molecular formula is C14H19N5O. The molecule has 6 heteroatoms. The van der Waals surface area contributed by atoms with E-state index in [1.807, 2.05) is 30.3 Å². The SMILES string of the molecule is OC1CCCCC1CNc1nnnn1-c1ccccc1. The van der Waals surface area contributed by atoms with Crippen LogP contribution in [0.3, 0.4) is 0 Å². The van der Waals surface area contributed by atoms with Crippen LogP contribution < -0.4 is 5.32 Å². The van der Waals surface area contributed by atoms with Crippen molar-refractivity contribution in [3.05, 3.63) is 30.3 Å². The number of anilines is 1. The molecule has 1 fully saturated rings. The highest BCUT2D eigenvalue weighted by atomic mass is 16.3. The molecule has 1 aromatic carbocycles. The average molecular weight is 273 g/mol. The number of para-hydroxylation sites is 1. The van der Waals surface area contributed by atoms with Crippen molar-refractivity contribution >= 4 is 5.95 Å². The Morgan fingerprint density at radius 2 is 2.00 bits per heavy atom. The van der Waals surface area contributed by atoms with Crippen molar-refractivity contribution in [3.63, 3.8) is 0 Å². The lowest BCUT2D eigenvalue weighted by Gasteiger charge is -2.27. The van der Waals surface area contributed by atoms with E-state index < -0.39 is 0 Å². The fourth-order valence-electron chi connectivity index (χ4n) is 2.69. The Morgan fingerprint density at radius 1 is 1.20 bits per heavy atom. The van der Waals surface area contributed by atoms with Crippen LogP contribution in [0.4, 0.5) is 5.95 Å². The van der Waals surface area contributed by atoms with Crippen molar-refractivity contribution in [2.75, 3.05) is 11.9 Å². The molecule has 0 amide bonds. The van der Waals surface area contributed by atoms with Gasteiger partial charge < -0.3 is 10.4 Å². The van der Waals surface area contributed by atoms with Gasteiger partial charge in [0.2, 0.25) is 5.95 Å². The molecule has 1 aliphatic carbocycles. The number of benzene rings is 1. The zero-order chi connectivity index (χ0) is 13.8. The first kappa shape index (κ1) is 13.1. The van der Waals surface area contributed by atoms with Gasteiger partial charge in [0.05, 0.1) is 11.8 Å². The minimum absolute atomic E-state index is 0.211. The Bertz CT molecular complexity index is 542. The minimum Gasteiger partial charge on any atom is -0.393 e. The fraction of sp³-hybridized carbons (Fsp3) is 0.500. The molecule has 20 heavy (non-hydrogen) atoms. The largest absolute Gasteiger partial charge is 0.393 e. The number of hydrogen-bond donors (Lipinski definition) is 2. The van der Waals surface area contributed by atoms with Crippen LogP contribution in [0.2, 0.25) is 0 Å². The van der Waals surface area contributed by atoms with Gasteiger partial charge in [-0.2, -0.15) is 4.68 Å². The smallest absolute Gasteiger partial charge is 0.247 e. The number of aromatic nitrogens is 4. The number of hydrogen-bond acceptors (Lipinski definition) is 5. The summed E-state index contributed by atoms with van der Waals surface area (Å²) in [4.78, 5) is 0. The summed E-state index contributed by atoms with van der Waals surface area (Å²) in [6.45, 7) is 0.703. The first-order valence-electron chi connectivity index (χ1n) is 7.10. The third kappa shape index (κ3) is 2.80. The van der Waals surface area contributed by atoms with Crippen molar-refractivity contribution in [2.45, 2.75) is 31.8 Å². The van der Waals surface area contributed by atoms with Crippen LogP contribution in [0.15, 0.2) is 30.3 Å². The quantitative estimate of drug-likeness (QED) is 0.885. The van der Waals surface area contributed by atoms with E-state index in [4.69, 9.17) is 0 Å². The maximum atomic E-state index is 9.99. The molecule has 0 saturated heterocycles. The number of rotatable bonds is 4. The van der Waals surface area contributed by atoms with Crippen LogP contribution >= 0.6 is 0 Å². The lowest BCUT2D eigenvalue weighted by molar-refractivity contribution is 0.0762. The molecule has 0 spiro atoms. The fourth-order valence-corrected chi connectivity index (χ4v) is 2.69. The second kappa shape index (κ2) is 6.00. The Morgan fingerprint density at radius 3 is 2.80 bits per heavy atom. The lowest BCUT2D eigenvalue weighted by atomic mass is 9.86. The van der Waals surface area contributed by atoms with Gasteiger partial charge in [-0.3, -0.25) is 0 Å². The van der Waals surface area contributed by atoms with E-state index in [0.717, 1.165) is 24.9 Å². The van der Waals surface area contributed by atoms with E-state index in [9.17, 15) is 5.11 Å². The molecule has 2 unspecified atom stereocenters. The number of aliphatic hydroxyl groups excluding tert-OH is 1. The van der Waals surface area contributed by atoms with Crippen LogP contribution in [0.1, 0.15) is 25.7 Å². The molecule has 1 aromatic heterocycles. The van der Waals surface area contributed by atoms with Crippen molar-refractivity contribution in [1.82, 2.24) is 20.2 Å². The minimum atomic E-state index is -0.211. The Balaban J connectivity index is 1.68. The molecule has 2 atom stereocenters. The summed E-state index contributed by atoms with van der Waals surface area (Å²) in [6, 6.07) is 9.77. The molecule has 2 N–H and O–H groups in total. The van der Waals surface area contributed by atoms with Crippen molar-refractivity contribution < 1.29 is 5.11 Å². The summed E-state index contributed by atoms with van der Waals surface area (Å²) in [5, 5.41) is 25.0. The number of nitrogens with zero attached hydrogens (tertiary/aromatic N) is 4. The van der Waals surface area contributed by atoms with E-state index in [2.05, 4.69) is 20.8 Å². The van der Waals surface area contributed by atoms with Crippen LogP contribution in [0.5, 0.6) is 0 Å². The Hall–Kier alpha value is -1.95. The van der Waals surface area contributed by atoms with Crippen molar-refractivity contribution in [3.8, 4) is 5.69 Å². The summed E-state index contributed by atoms with van der Waals surface area (Å²) < 4.78 is 1.68. The van der Waals surface area contributed by atoms with E-state index >= 15 is 0 Å². The number of aliphatic hydroxyl groups is 1. The number of nitrogens with one attached hydrogen (secondary N) is 1. The third-order valence-corrected chi connectivity index (χ3v) is 3.86. The van der Waals surface area contributed by atoms with Crippen LogP contribution in [0, 0.1) is 5.92 Å². The number of tetrazole rings is 1. The first-order valence-corrected chi connectivity index (χ1v) is 7.10. The highest BCUT2D eigenvalue weighted by Crippen LogP contribution is 2.24. The van der Waals surface area contributed by atoms with Crippen molar-refractivity contribution in [2.24, 2.45) is 5.92 Å². The Kier molecular flexibility index (Phi) is 3.92. The molecule has 106 valence electrons. The van der Waals surface area contributed by atoms with Crippen molar-refractivity contribution in [1.29, 1.82) is 0 Å². The van der Waals surface area contributed by atoms with Gasteiger partial charge in [-0.1, -0.05) is 36.1 Å². The zero-order valence-electron chi connectivity index (χ0n) is 11.3. The second-order valence-corrected chi connectivity index (χ2v) is 5.24. The Labute approximate surface area is 117 Å². The highest BCUT2D eigenvalue weighted by molar-refractivity contribution is 5.38. The predicted octanol–water partition coefficient (Wildman–Crippen LogP) is 1.63. The molecule has 1 heterocycles. The van der Waals surface area contributed by atoms with Gasteiger partial charge >= 0.3 is 0 Å². The average Bonchev–Trinajstić information content (AvgIpc) is 2.96. The van der Waals surface area contributed by atoms with Gasteiger partial charge in [0.25, 0.3) is 0 Å². The summed E-state index contributed by atoms with van der Waals surface area (Å²) >= 11 is 0. The van der Waals surface area contributed by atoms with Crippen LogP contribution in [-0.2, 0) is 0 Å². The summed E-state index contributed by atoms with van der Waals surface area (Å²) in [7, 11) is 0. The molecule has 2 aromatic rings. The molecule has 0 radical (unpaired) electrons. The van der Waals surface area contributed by atoms with E-state index in [0.29, 0.717) is 12.5 Å². The molecule has 3 rings (SSSR count). The molecule has 0 aliphatic heterocycles. The monoisotopic (exact) mass is 273 g/mol. The van der Waals surface area contributed by atoms with Crippen LogP contribution in [-0.4, -0.2) is 38.0 Å². The first-order chi connectivity index (χ1) is 9.84. The standard InChI is InChI=1S/C14H19N5O/c20-13-9-5-4-6-11(13)10-15-14-16-17-18-19(14)12-7-2-1-3-8-12/h1-3,7-8,11,13,20H,4-6,9-10H2,(H,15,16,18). The molecule has 1 aliphatic rings. The van der Waals surface area contributed by atoms with E-state index in [1.165, 1.54) is 6.42 Å². The summed E-state index contributed by atoms with van der Waals surface area (Å²) in [6.07, 6.45) is 4.06. The summed E-state index contributed by atoms with van der Waals surface area (Å²) in [5.41, 5.74) is 0.921. The summed E-state index contributed by atoms with van der Waals surface area (Å²) in [5.74, 6) is 0.902. The maximum absolute atomic E-state index is 9.99. The van der Waals surface area contributed by atoms with E-state index in [1.54, 1.807) is 4.68 Å². The topological polar surface area (TPSA) is 75.9 Å². The predicted molar refractivity (Wildman–Crippen MR) is 75.6 cm³/mol.